The number of allylic oxidation sites excluding steroid dienone is 2. The number of β-amino-alcohol motifs (C(OH)–C–C–N with tert-alkyl or cyclic N) is 1. The van der Waals surface area contributed by atoms with Gasteiger partial charge in [-0.15, -0.1) is 0 Å². The summed E-state index contributed by atoms with van der Waals surface area (Å²) in [6, 6.07) is 13.3. The number of halogens is 1. The number of rotatable bonds is 10. The van der Waals surface area contributed by atoms with Gasteiger partial charge in [-0.2, -0.15) is 4.98 Å². The molecular weight excluding hydrogens is 488 g/mol. The Kier molecular flexibility index (Phi) is 9.20. The number of pyridine rings is 1. The van der Waals surface area contributed by atoms with Crippen molar-refractivity contribution in [1.29, 1.82) is 0 Å². The zero-order valence-corrected chi connectivity index (χ0v) is 21.6. The summed E-state index contributed by atoms with van der Waals surface area (Å²) in [6.45, 7) is 10.1. The standard InChI is InChI=1S/C27H31ClN8O/c1-3-10-30-26(23-6-4-5-11-29-23)20(2)32-25-9-12-31-27(34-25)33-21-7-8-24(22(28)19-21)36-15-13-35(14-16-36)17-18-37/h3-12,19,37H,1,13-18H2,2H3,(H2,31,32,33,34)/b26-20+,30-10?. The molecule has 0 amide bonds. The van der Waals surface area contributed by atoms with Crippen molar-refractivity contribution in [1.82, 2.24) is 19.9 Å². The van der Waals surface area contributed by atoms with Crippen molar-refractivity contribution >= 4 is 46.7 Å². The maximum absolute atomic E-state index is 9.15. The van der Waals surface area contributed by atoms with Crippen LogP contribution < -0.4 is 15.5 Å². The molecule has 10 heteroatoms. The zero-order valence-electron chi connectivity index (χ0n) is 20.8. The number of nitrogens with one attached hydrogen (secondary N) is 2. The highest BCUT2D eigenvalue weighted by molar-refractivity contribution is 6.33. The number of hydrogen-bond donors (Lipinski definition) is 3. The Morgan fingerprint density at radius 2 is 1.97 bits per heavy atom. The van der Waals surface area contributed by atoms with Gasteiger partial charge in [-0.1, -0.05) is 30.3 Å². The van der Waals surface area contributed by atoms with Crippen LogP contribution in [0.15, 0.2) is 78.2 Å². The predicted octanol–water partition coefficient (Wildman–Crippen LogP) is 4.44. The van der Waals surface area contributed by atoms with Crippen LogP contribution in [-0.4, -0.2) is 70.5 Å². The Morgan fingerprint density at radius 3 is 2.68 bits per heavy atom. The smallest absolute Gasteiger partial charge is 0.229 e. The summed E-state index contributed by atoms with van der Waals surface area (Å²) in [6.07, 6.45) is 6.66. The lowest BCUT2D eigenvalue weighted by Gasteiger charge is -2.36. The van der Waals surface area contributed by atoms with Crippen molar-refractivity contribution in [2.45, 2.75) is 6.92 Å². The van der Waals surface area contributed by atoms with Crippen LogP contribution in [0, 0.1) is 0 Å². The molecular formula is C27H31ClN8O. The van der Waals surface area contributed by atoms with E-state index in [2.05, 4.69) is 47.0 Å². The van der Waals surface area contributed by atoms with Gasteiger partial charge < -0.3 is 20.6 Å². The van der Waals surface area contributed by atoms with E-state index in [4.69, 9.17) is 16.7 Å². The lowest BCUT2D eigenvalue weighted by atomic mass is 10.2. The van der Waals surface area contributed by atoms with Crippen LogP contribution in [0.4, 0.5) is 23.1 Å². The van der Waals surface area contributed by atoms with Gasteiger partial charge in [0.2, 0.25) is 5.95 Å². The van der Waals surface area contributed by atoms with Crippen molar-refractivity contribution in [3.8, 4) is 0 Å². The van der Waals surface area contributed by atoms with Gasteiger partial charge in [0.25, 0.3) is 0 Å². The number of benzene rings is 1. The van der Waals surface area contributed by atoms with E-state index in [1.807, 2.05) is 43.3 Å². The molecule has 4 rings (SSSR count). The van der Waals surface area contributed by atoms with Gasteiger partial charge in [0.05, 0.1) is 23.0 Å². The Bertz CT molecular complexity index is 1260. The molecule has 3 N–H and O–H groups in total. The first-order valence-corrected chi connectivity index (χ1v) is 12.5. The average molecular weight is 519 g/mol. The summed E-state index contributed by atoms with van der Waals surface area (Å²) in [7, 11) is 0. The number of nitrogens with zero attached hydrogens (tertiary/aromatic N) is 6. The normalized spacial score (nSPS) is 14.9. The zero-order chi connectivity index (χ0) is 26.0. The highest BCUT2D eigenvalue weighted by Gasteiger charge is 2.19. The molecule has 37 heavy (non-hydrogen) atoms. The second kappa shape index (κ2) is 13.0. The average Bonchev–Trinajstić information content (AvgIpc) is 2.91. The molecule has 2 aromatic heterocycles. The number of aliphatic hydroxyl groups is 1. The van der Waals surface area contributed by atoms with E-state index >= 15 is 0 Å². The van der Waals surface area contributed by atoms with Crippen LogP contribution in [0.3, 0.4) is 0 Å². The lowest BCUT2D eigenvalue weighted by Crippen LogP contribution is -2.47. The summed E-state index contributed by atoms with van der Waals surface area (Å²) >= 11 is 6.64. The fourth-order valence-corrected chi connectivity index (χ4v) is 4.35. The quantitative estimate of drug-likeness (QED) is 0.339. The van der Waals surface area contributed by atoms with E-state index in [9.17, 15) is 0 Å². The summed E-state index contributed by atoms with van der Waals surface area (Å²) in [5, 5.41) is 16.3. The third-order valence-electron chi connectivity index (χ3n) is 5.88. The topological polar surface area (TPSA) is 102 Å². The Morgan fingerprint density at radius 1 is 1.14 bits per heavy atom. The van der Waals surface area contributed by atoms with Gasteiger partial charge in [-0.25, -0.2) is 4.98 Å². The van der Waals surface area contributed by atoms with Gasteiger partial charge in [0, 0.05) is 62.7 Å². The van der Waals surface area contributed by atoms with Crippen molar-refractivity contribution in [2.24, 2.45) is 4.99 Å². The molecule has 0 spiro atoms. The third-order valence-corrected chi connectivity index (χ3v) is 6.18. The largest absolute Gasteiger partial charge is 0.395 e. The lowest BCUT2D eigenvalue weighted by molar-refractivity contribution is 0.189. The van der Waals surface area contributed by atoms with Crippen LogP contribution in [0.5, 0.6) is 0 Å². The maximum atomic E-state index is 9.15. The Hall–Kier alpha value is -3.79. The second-order valence-electron chi connectivity index (χ2n) is 8.44. The van der Waals surface area contributed by atoms with E-state index in [-0.39, 0.29) is 6.61 Å². The highest BCUT2D eigenvalue weighted by Crippen LogP contribution is 2.30. The fraction of sp³-hybridized carbons (Fsp3) is 0.259. The van der Waals surface area contributed by atoms with E-state index in [1.165, 1.54) is 0 Å². The molecule has 9 nitrogen and oxygen atoms in total. The summed E-state index contributed by atoms with van der Waals surface area (Å²) in [5.74, 6) is 1.05. The monoisotopic (exact) mass is 518 g/mol. The number of piperazine rings is 1. The number of anilines is 4. The molecule has 0 radical (unpaired) electrons. The first kappa shape index (κ1) is 26.3. The summed E-state index contributed by atoms with van der Waals surface area (Å²) in [5.41, 5.74) is 4.00. The third kappa shape index (κ3) is 7.13. The minimum atomic E-state index is 0.185. The van der Waals surface area contributed by atoms with Gasteiger partial charge in [0.15, 0.2) is 0 Å². The van der Waals surface area contributed by atoms with Gasteiger partial charge in [-0.3, -0.25) is 14.9 Å². The van der Waals surface area contributed by atoms with Crippen LogP contribution in [0.1, 0.15) is 12.6 Å². The number of hydrogen-bond acceptors (Lipinski definition) is 9. The van der Waals surface area contributed by atoms with Gasteiger partial charge in [-0.05, 0) is 43.3 Å². The molecule has 1 aliphatic rings. The van der Waals surface area contributed by atoms with Crippen molar-refractivity contribution < 1.29 is 5.11 Å². The van der Waals surface area contributed by atoms with Crippen LogP contribution in [0.25, 0.3) is 5.70 Å². The molecule has 1 saturated heterocycles. The van der Waals surface area contributed by atoms with Crippen molar-refractivity contribution in [3.05, 3.63) is 83.9 Å². The van der Waals surface area contributed by atoms with Gasteiger partial charge >= 0.3 is 0 Å². The molecule has 3 heterocycles. The van der Waals surface area contributed by atoms with E-state index in [0.717, 1.165) is 48.9 Å². The highest BCUT2D eigenvalue weighted by atomic mass is 35.5. The van der Waals surface area contributed by atoms with E-state index < -0.39 is 0 Å². The first-order chi connectivity index (χ1) is 18.1. The number of aliphatic imine (C=N–C) groups is 1. The van der Waals surface area contributed by atoms with Crippen molar-refractivity contribution in [3.63, 3.8) is 0 Å². The maximum Gasteiger partial charge on any atom is 0.229 e. The molecule has 1 fully saturated rings. The van der Waals surface area contributed by atoms with Crippen molar-refractivity contribution in [2.75, 3.05) is 54.9 Å². The molecule has 1 aromatic carbocycles. The molecule has 1 aliphatic heterocycles. The number of aliphatic hydroxyl groups excluding tert-OH is 1. The van der Waals surface area contributed by atoms with Crippen LogP contribution >= 0.6 is 11.6 Å². The summed E-state index contributed by atoms with van der Waals surface area (Å²) in [4.78, 5) is 22.4. The molecule has 0 unspecified atom stereocenters. The molecule has 192 valence electrons. The fourth-order valence-electron chi connectivity index (χ4n) is 4.05. The Labute approximate surface area is 222 Å². The van der Waals surface area contributed by atoms with Crippen LogP contribution in [-0.2, 0) is 0 Å². The summed E-state index contributed by atoms with van der Waals surface area (Å²) < 4.78 is 0. The second-order valence-corrected chi connectivity index (χ2v) is 8.84. The molecule has 0 atom stereocenters. The predicted molar refractivity (Wildman–Crippen MR) is 152 cm³/mol. The molecule has 0 aliphatic carbocycles. The van der Waals surface area contributed by atoms with E-state index in [1.54, 1.807) is 30.8 Å². The Balaban J connectivity index is 1.46. The molecule has 0 saturated carbocycles. The first-order valence-electron chi connectivity index (χ1n) is 12.1. The minimum absolute atomic E-state index is 0.185. The van der Waals surface area contributed by atoms with Crippen LogP contribution in [0.2, 0.25) is 5.02 Å². The van der Waals surface area contributed by atoms with Gasteiger partial charge in [0.1, 0.15) is 11.5 Å². The molecule has 3 aromatic rings. The number of aromatic nitrogens is 3. The minimum Gasteiger partial charge on any atom is -0.395 e. The SMILES string of the molecule is C=CC=N/C(=C(\C)Nc1ccnc(Nc2ccc(N3CCN(CCO)CC3)c(Cl)c2)n1)c1ccccn1. The molecule has 0 bridgehead atoms. The van der Waals surface area contributed by atoms with E-state index in [0.29, 0.717) is 29.0 Å².